The quantitative estimate of drug-likeness (QED) is 0.826. The van der Waals surface area contributed by atoms with Crippen LogP contribution in [0.4, 0.5) is 4.39 Å². The number of halogens is 1. The van der Waals surface area contributed by atoms with Gasteiger partial charge in [-0.15, -0.1) is 0 Å². The number of hydrogen-bond donors (Lipinski definition) is 1. The monoisotopic (exact) mass is 255 g/mol. The molecule has 0 saturated carbocycles. The van der Waals surface area contributed by atoms with E-state index in [0.29, 0.717) is 10.8 Å². The maximum atomic E-state index is 13.4. The van der Waals surface area contributed by atoms with E-state index < -0.39 is 0 Å². The van der Waals surface area contributed by atoms with Gasteiger partial charge in [-0.25, -0.2) is 4.39 Å². The summed E-state index contributed by atoms with van der Waals surface area (Å²) in [6, 6.07) is 5.67. The Labute approximate surface area is 108 Å². The molecule has 0 aliphatic carbocycles. The van der Waals surface area contributed by atoms with E-state index >= 15 is 0 Å². The summed E-state index contributed by atoms with van der Waals surface area (Å²) in [5.74, 6) is -0.117. The third-order valence-corrected chi connectivity index (χ3v) is 4.14. The molecular formula is C14H22FNS. The molecule has 0 aliphatic rings. The number of thioether (sulfide) groups is 1. The van der Waals surface area contributed by atoms with E-state index in [0.717, 1.165) is 18.5 Å². The molecule has 1 nitrogen and oxygen atoms in total. The molecule has 2 unspecified atom stereocenters. The summed E-state index contributed by atoms with van der Waals surface area (Å²) in [5, 5.41) is 4.10. The van der Waals surface area contributed by atoms with Crippen LogP contribution >= 0.6 is 11.8 Å². The Balaban J connectivity index is 2.46. The fourth-order valence-corrected chi connectivity index (χ4v) is 1.97. The van der Waals surface area contributed by atoms with Crippen LogP contribution in [0.2, 0.25) is 0 Å². The first-order chi connectivity index (χ1) is 8.04. The van der Waals surface area contributed by atoms with Crippen molar-refractivity contribution in [3.63, 3.8) is 0 Å². The largest absolute Gasteiger partial charge is 0.310 e. The lowest BCUT2D eigenvalue weighted by atomic mass is 10.1. The van der Waals surface area contributed by atoms with Crippen LogP contribution < -0.4 is 5.32 Å². The summed E-state index contributed by atoms with van der Waals surface area (Å²) in [4.78, 5) is 0. The van der Waals surface area contributed by atoms with Gasteiger partial charge in [0.15, 0.2) is 0 Å². The number of nitrogens with one attached hydrogen (secondary N) is 1. The summed E-state index contributed by atoms with van der Waals surface area (Å²) in [5.41, 5.74) is 1.72. The maximum Gasteiger partial charge on any atom is 0.126 e. The molecule has 1 rings (SSSR count). The van der Waals surface area contributed by atoms with Gasteiger partial charge in [0.2, 0.25) is 0 Å². The van der Waals surface area contributed by atoms with Gasteiger partial charge >= 0.3 is 0 Å². The fraction of sp³-hybridized carbons (Fsp3) is 0.571. The van der Waals surface area contributed by atoms with Crippen molar-refractivity contribution < 1.29 is 4.39 Å². The van der Waals surface area contributed by atoms with Crippen molar-refractivity contribution in [1.29, 1.82) is 0 Å². The van der Waals surface area contributed by atoms with E-state index in [1.165, 1.54) is 0 Å². The molecule has 0 heterocycles. The summed E-state index contributed by atoms with van der Waals surface area (Å²) in [6.45, 7) is 7.06. The second-order valence-electron chi connectivity index (χ2n) is 4.52. The van der Waals surface area contributed by atoms with E-state index in [1.807, 2.05) is 23.9 Å². The molecule has 0 saturated heterocycles. The van der Waals surface area contributed by atoms with Gasteiger partial charge in [-0.3, -0.25) is 0 Å². The summed E-state index contributed by atoms with van der Waals surface area (Å²) >= 11 is 1.88. The Morgan fingerprint density at radius 3 is 2.65 bits per heavy atom. The van der Waals surface area contributed by atoms with E-state index in [2.05, 4.69) is 25.4 Å². The van der Waals surface area contributed by atoms with Crippen LogP contribution in [0, 0.1) is 12.7 Å². The first-order valence-corrected chi connectivity index (χ1v) is 7.35. The highest BCUT2D eigenvalue weighted by Gasteiger charge is 2.07. The highest BCUT2D eigenvalue weighted by Crippen LogP contribution is 2.16. The van der Waals surface area contributed by atoms with E-state index in [1.54, 1.807) is 13.0 Å². The molecule has 17 heavy (non-hydrogen) atoms. The van der Waals surface area contributed by atoms with Gasteiger partial charge in [-0.1, -0.05) is 19.1 Å². The molecule has 96 valence electrons. The first-order valence-electron chi connectivity index (χ1n) is 6.06. The minimum Gasteiger partial charge on any atom is -0.310 e. The normalized spacial score (nSPS) is 14.6. The number of rotatable bonds is 6. The van der Waals surface area contributed by atoms with Crippen LogP contribution in [0.1, 0.15) is 37.4 Å². The Bertz CT molecular complexity index is 354. The molecule has 0 amide bonds. The van der Waals surface area contributed by atoms with Gasteiger partial charge in [0.05, 0.1) is 0 Å². The third kappa shape index (κ3) is 4.68. The molecule has 0 radical (unpaired) electrons. The predicted octanol–water partition coefficient (Wildman–Crippen LogP) is 3.93. The average Bonchev–Trinajstić information content (AvgIpc) is 2.32. The third-order valence-electron chi connectivity index (χ3n) is 3.10. The average molecular weight is 255 g/mol. The van der Waals surface area contributed by atoms with Gasteiger partial charge in [0, 0.05) is 11.3 Å². The minimum absolute atomic E-state index is 0.117. The van der Waals surface area contributed by atoms with Crippen LogP contribution in [-0.4, -0.2) is 18.1 Å². The zero-order chi connectivity index (χ0) is 12.8. The molecule has 0 aromatic heterocycles. The molecule has 0 bridgehead atoms. The predicted molar refractivity (Wildman–Crippen MR) is 75.1 cm³/mol. The van der Waals surface area contributed by atoms with Crippen molar-refractivity contribution in [3.8, 4) is 0 Å². The smallest absolute Gasteiger partial charge is 0.126 e. The van der Waals surface area contributed by atoms with Crippen molar-refractivity contribution in [2.45, 2.75) is 38.5 Å². The molecule has 2 atom stereocenters. The Morgan fingerprint density at radius 1 is 1.35 bits per heavy atom. The first kappa shape index (κ1) is 14.5. The second kappa shape index (κ2) is 7.02. The lowest BCUT2D eigenvalue weighted by Crippen LogP contribution is -2.22. The fourth-order valence-electron chi connectivity index (χ4n) is 1.62. The maximum absolute atomic E-state index is 13.4. The SMILES string of the molecule is CSC(C)CCNC(C)c1ccc(C)c(F)c1. The van der Waals surface area contributed by atoms with Gasteiger partial charge in [0.1, 0.15) is 5.82 Å². The highest BCUT2D eigenvalue weighted by molar-refractivity contribution is 7.99. The molecule has 0 aliphatic heterocycles. The van der Waals surface area contributed by atoms with Crippen molar-refractivity contribution in [2.75, 3.05) is 12.8 Å². The number of aryl methyl sites for hydroxylation is 1. The lowest BCUT2D eigenvalue weighted by Gasteiger charge is -2.16. The van der Waals surface area contributed by atoms with Crippen molar-refractivity contribution >= 4 is 11.8 Å². The number of benzene rings is 1. The van der Waals surface area contributed by atoms with E-state index in [9.17, 15) is 4.39 Å². The van der Waals surface area contributed by atoms with E-state index in [4.69, 9.17) is 0 Å². The topological polar surface area (TPSA) is 12.0 Å². The number of hydrogen-bond acceptors (Lipinski definition) is 2. The zero-order valence-electron chi connectivity index (χ0n) is 11.1. The van der Waals surface area contributed by atoms with Crippen molar-refractivity contribution in [3.05, 3.63) is 35.1 Å². The molecule has 0 fully saturated rings. The zero-order valence-corrected chi connectivity index (χ0v) is 11.9. The van der Waals surface area contributed by atoms with Crippen LogP contribution in [0.25, 0.3) is 0 Å². The second-order valence-corrected chi connectivity index (χ2v) is 5.80. The van der Waals surface area contributed by atoms with Gasteiger partial charge in [-0.2, -0.15) is 11.8 Å². The minimum atomic E-state index is -0.117. The summed E-state index contributed by atoms with van der Waals surface area (Å²) in [6.07, 6.45) is 3.27. The Morgan fingerprint density at radius 2 is 2.06 bits per heavy atom. The Kier molecular flexibility index (Phi) is 6.00. The lowest BCUT2D eigenvalue weighted by molar-refractivity contribution is 0.550. The van der Waals surface area contributed by atoms with Crippen molar-refractivity contribution in [1.82, 2.24) is 5.32 Å². The van der Waals surface area contributed by atoms with Crippen LogP contribution in [-0.2, 0) is 0 Å². The van der Waals surface area contributed by atoms with Crippen LogP contribution in [0.3, 0.4) is 0 Å². The molecule has 1 N–H and O–H groups in total. The van der Waals surface area contributed by atoms with E-state index in [-0.39, 0.29) is 11.9 Å². The van der Waals surface area contributed by atoms with Gasteiger partial charge < -0.3 is 5.32 Å². The highest BCUT2D eigenvalue weighted by atomic mass is 32.2. The van der Waals surface area contributed by atoms with Crippen molar-refractivity contribution in [2.24, 2.45) is 0 Å². The van der Waals surface area contributed by atoms with Crippen LogP contribution in [0.5, 0.6) is 0 Å². The molecule has 1 aromatic carbocycles. The summed E-state index contributed by atoms with van der Waals surface area (Å²) < 4.78 is 13.4. The van der Waals surface area contributed by atoms with Gasteiger partial charge in [-0.05, 0) is 50.3 Å². The summed E-state index contributed by atoms with van der Waals surface area (Å²) in [7, 11) is 0. The molecule has 1 aromatic rings. The molecular weight excluding hydrogens is 233 g/mol. The van der Waals surface area contributed by atoms with Crippen LogP contribution in [0.15, 0.2) is 18.2 Å². The Hall–Kier alpha value is -0.540. The standard InChI is InChI=1S/C14H22FNS/c1-10-5-6-13(9-14(10)15)12(3)16-8-7-11(2)17-4/h5-6,9,11-12,16H,7-8H2,1-4H3. The molecule has 3 heteroatoms. The van der Waals surface area contributed by atoms with Gasteiger partial charge in [0.25, 0.3) is 0 Å². The molecule has 0 spiro atoms.